The van der Waals surface area contributed by atoms with E-state index in [0.29, 0.717) is 6.54 Å². The zero-order chi connectivity index (χ0) is 16.3. The second kappa shape index (κ2) is 6.76. The number of anilines is 1. The molecule has 1 fully saturated rings. The predicted molar refractivity (Wildman–Crippen MR) is 80.5 cm³/mol. The summed E-state index contributed by atoms with van der Waals surface area (Å²) in [5.74, 6) is -0.226. The molecule has 0 spiro atoms. The number of nitrogens with one attached hydrogen (secondary N) is 1. The van der Waals surface area contributed by atoms with Crippen LogP contribution in [0, 0.1) is 0 Å². The van der Waals surface area contributed by atoms with E-state index in [4.69, 9.17) is 4.74 Å². The quantitative estimate of drug-likeness (QED) is 0.867. The van der Waals surface area contributed by atoms with Gasteiger partial charge in [-0.1, -0.05) is 12.1 Å². The van der Waals surface area contributed by atoms with Crippen LogP contribution in [-0.2, 0) is 11.3 Å². The summed E-state index contributed by atoms with van der Waals surface area (Å²) >= 11 is 1.49. The maximum absolute atomic E-state index is 12.1. The lowest BCUT2D eigenvalue weighted by atomic mass is 10.2. The molecule has 1 aliphatic rings. The zero-order valence-corrected chi connectivity index (χ0v) is 12.9. The van der Waals surface area contributed by atoms with Crippen LogP contribution in [0.4, 0.5) is 18.3 Å². The molecule has 0 aliphatic carbocycles. The standard InChI is InChI=1S/C15H15F3N2O2S/c16-15(17,18)22-11-5-3-10(4-6-11)8-19-14-20-12(9-23-14)13-2-1-7-21-13/h3-6,9,13H,1-2,7-8H2,(H,19,20). The van der Waals surface area contributed by atoms with E-state index in [-0.39, 0.29) is 11.9 Å². The van der Waals surface area contributed by atoms with Crippen LogP contribution in [0.2, 0.25) is 0 Å². The van der Waals surface area contributed by atoms with Crippen molar-refractivity contribution in [2.75, 3.05) is 11.9 Å². The smallest absolute Gasteiger partial charge is 0.406 e. The van der Waals surface area contributed by atoms with E-state index in [1.165, 1.54) is 23.5 Å². The second-order valence-corrected chi connectivity index (χ2v) is 5.98. The summed E-state index contributed by atoms with van der Waals surface area (Å²) < 4.78 is 45.7. The summed E-state index contributed by atoms with van der Waals surface area (Å²) in [6.07, 6.45) is -2.54. The van der Waals surface area contributed by atoms with Gasteiger partial charge in [0, 0.05) is 18.5 Å². The van der Waals surface area contributed by atoms with Crippen LogP contribution in [0.5, 0.6) is 5.75 Å². The topological polar surface area (TPSA) is 43.4 Å². The zero-order valence-electron chi connectivity index (χ0n) is 12.1. The number of rotatable bonds is 5. The van der Waals surface area contributed by atoms with Crippen LogP contribution in [0.1, 0.15) is 30.2 Å². The van der Waals surface area contributed by atoms with Crippen LogP contribution >= 0.6 is 11.3 Å². The van der Waals surface area contributed by atoms with E-state index in [1.54, 1.807) is 12.1 Å². The van der Waals surface area contributed by atoms with Gasteiger partial charge in [-0.3, -0.25) is 0 Å². The van der Waals surface area contributed by atoms with Gasteiger partial charge in [-0.15, -0.1) is 24.5 Å². The van der Waals surface area contributed by atoms with Crippen molar-refractivity contribution in [3.63, 3.8) is 0 Å². The van der Waals surface area contributed by atoms with E-state index in [2.05, 4.69) is 15.0 Å². The molecule has 3 rings (SSSR count). The molecule has 8 heteroatoms. The molecule has 0 radical (unpaired) electrons. The maximum Gasteiger partial charge on any atom is 0.573 e. The van der Waals surface area contributed by atoms with Gasteiger partial charge in [0.05, 0.1) is 5.69 Å². The van der Waals surface area contributed by atoms with Gasteiger partial charge in [0.15, 0.2) is 5.13 Å². The molecular weight excluding hydrogens is 329 g/mol. The molecule has 1 saturated heterocycles. The number of halogens is 3. The van der Waals surface area contributed by atoms with Crippen molar-refractivity contribution in [2.45, 2.75) is 31.9 Å². The summed E-state index contributed by atoms with van der Waals surface area (Å²) in [6, 6.07) is 5.76. The first kappa shape index (κ1) is 16.1. The number of nitrogens with zero attached hydrogens (tertiary/aromatic N) is 1. The Balaban J connectivity index is 1.54. The number of alkyl halides is 3. The van der Waals surface area contributed by atoms with Gasteiger partial charge < -0.3 is 14.8 Å². The van der Waals surface area contributed by atoms with Gasteiger partial charge in [0.25, 0.3) is 0 Å². The van der Waals surface area contributed by atoms with Crippen LogP contribution in [-0.4, -0.2) is 18.0 Å². The molecule has 1 aromatic carbocycles. The molecule has 1 N–H and O–H groups in total. The van der Waals surface area contributed by atoms with Crippen LogP contribution < -0.4 is 10.1 Å². The Kier molecular flexibility index (Phi) is 4.72. The predicted octanol–water partition coefficient (Wildman–Crippen LogP) is 4.51. The highest BCUT2D eigenvalue weighted by molar-refractivity contribution is 7.13. The third-order valence-corrected chi connectivity index (χ3v) is 4.20. The summed E-state index contributed by atoms with van der Waals surface area (Å²) in [6.45, 7) is 1.25. The largest absolute Gasteiger partial charge is 0.573 e. The fraction of sp³-hybridized carbons (Fsp3) is 0.400. The van der Waals surface area contributed by atoms with Crippen LogP contribution in [0.3, 0.4) is 0 Å². The molecule has 23 heavy (non-hydrogen) atoms. The minimum Gasteiger partial charge on any atom is -0.406 e. The van der Waals surface area contributed by atoms with Crippen molar-refractivity contribution in [3.05, 3.63) is 40.9 Å². The van der Waals surface area contributed by atoms with Crippen molar-refractivity contribution in [1.29, 1.82) is 0 Å². The number of ether oxygens (including phenoxy) is 2. The third kappa shape index (κ3) is 4.59. The molecule has 4 nitrogen and oxygen atoms in total. The molecule has 0 amide bonds. The summed E-state index contributed by atoms with van der Waals surface area (Å²) in [5, 5.41) is 5.90. The highest BCUT2D eigenvalue weighted by Crippen LogP contribution is 2.31. The summed E-state index contributed by atoms with van der Waals surface area (Å²) in [5.41, 5.74) is 1.78. The molecule has 1 atom stereocenters. The van der Waals surface area contributed by atoms with E-state index in [9.17, 15) is 13.2 Å². The molecule has 1 unspecified atom stereocenters. The van der Waals surface area contributed by atoms with Crippen molar-refractivity contribution in [1.82, 2.24) is 4.98 Å². The maximum atomic E-state index is 12.1. The highest BCUT2D eigenvalue weighted by Gasteiger charge is 2.30. The fourth-order valence-corrected chi connectivity index (χ4v) is 3.06. The average molecular weight is 344 g/mol. The number of aromatic nitrogens is 1. The Morgan fingerprint density at radius 2 is 2.09 bits per heavy atom. The van der Waals surface area contributed by atoms with Gasteiger partial charge in [-0.2, -0.15) is 0 Å². The highest BCUT2D eigenvalue weighted by atomic mass is 32.1. The number of hydrogen-bond donors (Lipinski definition) is 1. The van der Waals surface area contributed by atoms with Gasteiger partial charge in [0.1, 0.15) is 11.9 Å². The molecule has 1 aliphatic heterocycles. The van der Waals surface area contributed by atoms with Crippen LogP contribution in [0.25, 0.3) is 0 Å². The lowest BCUT2D eigenvalue weighted by molar-refractivity contribution is -0.274. The van der Waals surface area contributed by atoms with E-state index in [1.807, 2.05) is 5.38 Å². The molecule has 1 aromatic heterocycles. The minimum absolute atomic E-state index is 0.0839. The number of benzene rings is 1. The Morgan fingerprint density at radius 3 is 2.74 bits per heavy atom. The molecule has 124 valence electrons. The van der Waals surface area contributed by atoms with E-state index in [0.717, 1.165) is 35.8 Å². The SMILES string of the molecule is FC(F)(F)Oc1ccc(CNc2nc(C3CCCO3)cs2)cc1. The van der Waals surface area contributed by atoms with Gasteiger partial charge >= 0.3 is 6.36 Å². The Labute approximate surface area is 135 Å². The first-order valence-corrected chi connectivity index (χ1v) is 8.03. The second-order valence-electron chi connectivity index (χ2n) is 5.12. The molecular formula is C15H15F3N2O2S. The van der Waals surface area contributed by atoms with Crippen LogP contribution in [0.15, 0.2) is 29.6 Å². The fourth-order valence-electron chi connectivity index (χ4n) is 2.31. The first-order valence-electron chi connectivity index (χ1n) is 7.15. The number of hydrogen-bond acceptors (Lipinski definition) is 5. The van der Waals surface area contributed by atoms with Gasteiger partial charge in [-0.25, -0.2) is 4.98 Å². The lowest BCUT2D eigenvalue weighted by Crippen LogP contribution is -2.17. The molecule has 2 heterocycles. The molecule has 2 aromatic rings. The van der Waals surface area contributed by atoms with Crippen molar-refractivity contribution in [3.8, 4) is 5.75 Å². The van der Waals surface area contributed by atoms with Gasteiger partial charge in [0.2, 0.25) is 0 Å². The van der Waals surface area contributed by atoms with Crippen molar-refractivity contribution >= 4 is 16.5 Å². The third-order valence-electron chi connectivity index (χ3n) is 3.38. The number of thiazole rings is 1. The minimum atomic E-state index is -4.67. The molecule has 0 bridgehead atoms. The van der Waals surface area contributed by atoms with Crippen molar-refractivity contribution in [2.24, 2.45) is 0 Å². The monoisotopic (exact) mass is 344 g/mol. The summed E-state index contributed by atoms with van der Waals surface area (Å²) in [7, 11) is 0. The summed E-state index contributed by atoms with van der Waals surface area (Å²) in [4.78, 5) is 4.48. The Hall–Kier alpha value is -1.80. The normalized spacial score (nSPS) is 18.1. The Bertz CT molecular complexity index is 637. The molecule has 0 saturated carbocycles. The van der Waals surface area contributed by atoms with E-state index >= 15 is 0 Å². The van der Waals surface area contributed by atoms with E-state index < -0.39 is 6.36 Å². The first-order chi connectivity index (χ1) is 11.0. The van der Waals surface area contributed by atoms with Crippen molar-refractivity contribution < 1.29 is 22.6 Å². The average Bonchev–Trinajstić information content (AvgIpc) is 3.16. The van der Waals surface area contributed by atoms with Gasteiger partial charge in [-0.05, 0) is 30.5 Å². The Morgan fingerprint density at radius 1 is 1.30 bits per heavy atom. The lowest BCUT2D eigenvalue weighted by Gasteiger charge is -2.09.